The first-order valence-corrected chi connectivity index (χ1v) is 10.8. The van der Waals surface area contributed by atoms with E-state index in [2.05, 4.69) is 31.6 Å². The fourth-order valence-electron chi connectivity index (χ4n) is 1.16. The predicted molar refractivity (Wildman–Crippen MR) is 57.4 cm³/mol. The molecular weight excluding hydrogens is 282 g/mol. The second-order valence-electron chi connectivity index (χ2n) is 2.82. The van der Waals surface area contributed by atoms with Crippen molar-refractivity contribution in [2.24, 2.45) is 0 Å². The Bertz CT molecular complexity index is 164. The number of hydrogen-bond donors (Lipinski definition) is 0. The van der Waals surface area contributed by atoms with Crippen LogP contribution < -0.4 is 0 Å². The topological polar surface area (TPSA) is 0 Å². The van der Waals surface area contributed by atoms with E-state index in [4.69, 9.17) is 17.0 Å². The van der Waals surface area contributed by atoms with Gasteiger partial charge in [0.1, 0.15) is 0 Å². The number of allylic oxidation sites excluding steroid dienone is 4. The van der Waals surface area contributed by atoms with Crippen LogP contribution in [0.4, 0.5) is 0 Å². The molecule has 3 heteroatoms. The Kier molecular flexibility index (Phi) is 11.8. The van der Waals surface area contributed by atoms with E-state index in [1.54, 1.807) is 0 Å². The van der Waals surface area contributed by atoms with Gasteiger partial charge in [0.05, 0.1) is 0 Å². The first kappa shape index (κ1) is 13.9. The van der Waals surface area contributed by atoms with Crippen molar-refractivity contribution in [3.63, 3.8) is 0 Å². The van der Waals surface area contributed by atoms with Gasteiger partial charge in [0, 0.05) is 6.42 Å². The molecule has 0 aliphatic heterocycles. The molecule has 0 aromatic heterocycles. The molecule has 0 saturated carbocycles. The van der Waals surface area contributed by atoms with Crippen LogP contribution >= 0.6 is 17.0 Å². The minimum atomic E-state index is -0.826. The van der Waals surface area contributed by atoms with Gasteiger partial charge in [0.25, 0.3) is 0 Å². The van der Waals surface area contributed by atoms with Gasteiger partial charge in [-0.05, 0) is 12.8 Å². The molecule has 0 heterocycles. The summed E-state index contributed by atoms with van der Waals surface area (Å²) in [5.41, 5.74) is 1.49. The Morgan fingerprint density at radius 2 is 2.00 bits per heavy atom. The quantitative estimate of drug-likeness (QED) is 0.663. The summed E-state index contributed by atoms with van der Waals surface area (Å²) in [5.74, 6) is 0. The summed E-state index contributed by atoms with van der Waals surface area (Å²) >= 11 is -0.826. The molecule has 0 aromatic rings. The molecule has 0 nitrogen and oxygen atoms in total. The maximum atomic E-state index is 4.93. The van der Waals surface area contributed by atoms with Crippen LogP contribution in [0.5, 0.6) is 0 Å². The maximum absolute atomic E-state index is 4.93. The van der Waals surface area contributed by atoms with Crippen molar-refractivity contribution in [3.8, 4) is 0 Å². The zero-order chi connectivity index (χ0) is 9.94. The fourth-order valence-corrected chi connectivity index (χ4v) is 1.16. The van der Waals surface area contributed by atoms with E-state index < -0.39 is 20.8 Å². The third kappa shape index (κ3) is 9.25. The minimum absolute atomic E-state index is 0.826. The SMILES string of the molecule is CCCCCC1=C[CH]C=C1.[Cl][Zr][Cl]. The molecule has 0 spiro atoms. The van der Waals surface area contributed by atoms with Gasteiger partial charge < -0.3 is 0 Å². The molecule has 1 radical (unpaired) electrons. The van der Waals surface area contributed by atoms with E-state index in [9.17, 15) is 0 Å². The van der Waals surface area contributed by atoms with Crippen LogP contribution in [0.15, 0.2) is 23.8 Å². The molecular formula is C10H15Cl2Zr. The van der Waals surface area contributed by atoms with Gasteiger partial charge in [-0.3, -0.25) is 0 Å². The van der Waals surface area contributed by atoms with E-state index >= 15 is 0 Å². The summed E-state index contributed by atoms with van der Waals surface area (Å²) in [6.45, 7) is 2.24. The van der Waals surface area contributed by atoms with E-state index in [0.717, 1.165) is 0 Å². The van der Waals surface area contributed by atoms with Gasteiger partial charge in [0.2, 0.25) is 0 Å². The van der Waals surface area contributed by atoms with Crippen LogP contribution in [0.1, 0.15) is 32.6 Å². The Morgan fingerprint density at radius 3 is 2.46 bits per heavy atom. The molecule has 73 valence electrons. The number of hydrogen-bond acceptors (Lipinski definition) is 0. The first-order chi connectivity index (χ1) is 6.35. The number of halogens is 2. The summed E-state index contributed by atoms with van der Waals surface area (Å²) in [6.07, 6.45) is 13.9. The fraction of sp³-hybridized carbons (Fsp3) is 0.500. The Balaban J connectivity index is 0.000000424. The molecule has 0 aromatic carbocycles. The van der Waals surface area contributed by atoms with E-state index in [1.165, 1.54) is 31.3 Å². The first-order valence-electron chi connectivity index (χ1n) is 4.52. The van der Waals surface area contributed by atoms with Crippen LogP contribution in [0.25, 0.3) is 0 Å². The zero-order valence-corrected chi connectivity index (χ0v) is 11.9. The van der Waals surface area contributed by atoms with Gasteiger partial charge >= 0.3 is 37.9 Å². The van der Waals surface area contributed by atoms with Gasteiger partial charge in [-0.1, -0.05) is 43.6 Å². The molecule has 0 N–H and O–H groups in total. The molecule has 0 fully saturated rings. The van der Waals surface area contributed by atoms with Crippen LogP contribution in [-0.2, 0) is 20.8 Å². The normalized spacial score (nSPS) is 13.3. The average molecular weight is 297 g/mol. The summed E-state index contributed by atoms with van der Waals surface area (Å²) in [4.78, 5) is 0. The van der Waals surface area contributed by atoms with Crippen LogP contribution in [0.3, 0.4) is 0 Å². The van der Waals surface area contributed by atoms with Crippen LogP contribution in [0.2, 0.25) is 0 Å². The van der Waals surface area contributed by atoms with E-state index in [1.807, 2.05) is 0 Å². The Hall–Kier alpha value is 0.943. The van der Waals surface area contributed by atoms with Crippen molar-refractivity contribution in [1.82, 2.24) is 0 Å². The molecule has 1 rings (SSSR count). The van der Waals surface area contributed by atoms with Crippen molar-refractivity contribution in [2.75, 3.05) is 0 Å². The van der Waals surface area contributed by atoms with Gasteiger partial charge in [-0.2, -0.15) is 0 Å². The third-order valence-electron chi connectivity index (χ3n) is 1.80. The standard InChI is InChI=1S/C10H15.2ClH.Zr/c1-2-3-4-7-10-8-5-6-9-10;;;/h5-6,8-9H,2-4,7H2,1H3;2*1H;/q;;;+2/p-2. The van der Waals surface area contributed by atoms with Gasteiger partial charge in [0.15, 0.2) is 0 Å². The van der Waals surface area contributed by atoms with Crippen molar-refractivity contribution in [3.05, 3.63) is 30.2 Å². The molecule has 0 unspecified atom stereocenters. The number of rotatable bonds is 4. The van der Waals surface area contributed by atoms with E-state index in [0.29, 0.717) is 0 Å². The number of unbranched alkanes of at least 4 members (excludes halogenated alkanes) is 2. The molecule has 1 aliphatic rings. The molecule has 0 atom stereocenters. The predicted octanol–water partition coefficient (Wildman–Crippen LogP) is 4.64. The summed E-state index contributed by atoms with van der Waals surface area (Å²) < 4.78 is 0. The summed E-state index contributed by atoms with van der Waals surface area (Å²) in [7, 11) is 9.87. The van der Waals surface area contributed by atoms with Crippen LogP contribution in [-0.4, -0.2) is 0 Å². The van der Waals surface area contributed by atoms with Crippen molar-refractivity contribution in [1.29, 1.82) is 0 Å². The van der Waals surface area contributed by atoms with Crippen LogP contribution in [0, 0.1) is 6.42 Å². The van der Waals surface area contributed by atoms with Gasteiger partial charge in [-0.25, -0.2) is 0 Å². The second-order valence-corrected chi connectivity index (χ2v) is 6.55. The van der Waals surface area contributed by atoms with Crippen molar-refractivity contribution in [2.45, 2.75) is 32.6 Å². The monoisotopic (exact) mass is 295 g/mol. The zero-order valence-electron chi connectivity index (χ0n) is 7.89. The molecule has 1 aliphatic carbocycles. The average Bonchev–Trinajstić information content (AvgIpc) is 2.59. The Morgan fingerprint density at radius 1 is 1.31 bits per heavy atom. The molecule has 0 saturated heterocycles. The third-order valence-corrected chi connectivity index (χ3v) is 1.80. The Labute approximate surface area is 100 Å². The summed E-state index contributed by atoms with van der Waals surface area (Å²) in [5, 5.41) is 0. The molecule has 0 bridgehead atoms. The summed E-state index contributed by atoms with van der Waals surface area (Å²) in [6, 6.07) is 0. The molecule has 0 amide bonds. The molecule has 13 heavy (non-hydrogen) atoms. The van der Waals surface area contributed by atoms with Crippen molar-refractivity contribution >= 4 is 17.0 Å². The van der Waals surface area contributed by atoms with Crippen molar-refractivity contribution < 1.29 is 20.8 Å². The van der Waals surface area contributed by atoms with Gasteiger partial charge in [-0.15, -0.1) is 0 Å². The van der Waals surface area contributed by atoms with E-state index in [-0.39, 0.29) is 0 Å². The second kappa shape index (κ2) is 11.0.